The number of nitrogens with one attached hydrogen (secondary N) is 2. The van der Waals surface area contributed by atoms with E-state index in [2.05, 4.69) is 10.6 Å². The van der Waals surface area contributed by atoms with E-state index in [0.29, 0.717) is 22.3 Å². The van der Waals surface area contributed by atoms with Gasteiger partial charge in [-0.3, -0.25) is 9.59 Å². The van der Waals surface area contributed by atoms with Crippen LogP contribution in [0.15, 0.2) is 48.5 Å². The van der Waals surface area contributed by atoms with Gasteiger partial charge in [0.15, 0.2) is 0 Å². The van der Waals surface area contributed by atoms with Crippen molar-refractivity contribution in [3.63, 3.8) is 0 Å². The highest BCUT2D eigenvalue weighted by molar-refractivity contribution is 6.33. The third-order valence-corrected chi connectivity index (χ3v) is 4.21. The second-order valence-electron chi connectivity index (χ2n) is 6.18. The third kappa shape index (κ3) is 4.94. The quantitative estimate of drug-likeness (QED) is 0.791. The maximum atomic E-state index is 12.0. The van der Waals surface area contributed by atoms with E-state index in [1.807, 2.05) is 25.1 Å². The van der Waals surface area contributed by atoms with Gasteiger partial charge in [-0.25, -0.2) is 0 Å². The first kappa shape index (κ1) is 17.2. The molecule has 25 heavy (non-hydrogen) atoms. The molecule has 0 saturated heterocycles. The van der Waals surface area contributed by atoms with E-state index < -0.39 is 0 Å². The molecule has 1 saturated carbocycles. The van der Waals surface area contributed by atoms with Crippen molar-refractivity contribution < 1.29 is 9.59 Å². The van der Waals surface area contributed by atoms with Crippen molar-refractivity contribution >= 4 is 35.2 Å². The number of benzene rings is 2. The number of anilines is 1. The van der Waals surface area contributed by atoms with Gasteiger partial charge in [0, 0.05) is 17.7 Å². The van der Waals surface area contributed by atoms with Crippen LogP contribution in [0.25, 0.3) is 6.08 Å². The van der Waals surface area contributed by atoms with E-state index in [0.717, 1.165) is 24.0 Å². The summed E-state index contributed by atoms with van der Waals surface area (Å²) >= 11 is 6.10. The van der Waals surface area contributed by atoms with Gasteiger partial charge in [-0.05, 0) is 61.2 Å². The number of hydrogen-bond donors (Lipinski definition) is 2. The highest BCUT2D eigenvalue weighted by Gasteiger charge is 2.23. The highest BCUT2D eigenvalue weighted by Crippen LogP contribution is 2.22. The van der Waals surface area contributed by atoms with E-state index in [-0.39, 0.29) is 11.8 Å². The standard InChI is InChI=1S/C20H19ClN2O2/c1-13-2-10-18(17(21)12-13)23-19(24)11-5-14-3-6-15(7-4-14)20(25)22-16-8-9-16/h2-7,10-12,16H,8-9H2,1H3,(H,22,25)(H,23,24)/b11-5+. The Morgan fingerprint density at radius 1 is 1.12 bits per heavy atom. The molecule has 1 aliphatic carbocycles. The smallest absolute Gasteiger partial charge is 0.251 e. The fraction of sp³-hybridized carbons (Fsp3) is 0.200. The monoisotopic (exact) mass is 354 g/mol. The predicted octanol–water partition coefficient (Wildman–Crippen LogP) is 4.19. The zero-order chi connectivity index (χ0) is 17.8. The molecule has 4 nitrogen and oxygen atoms in total. The molecule has 2 amide bonds. The largest absolute Gasteiger partial charge is 0.349 e. The molecule has 1 aliphatic rings. The molecule has 0 heterocycles. The summed E-state index contributed by atoms with van der Waals surface area (Å²) in [6, 6.07) is 12.9. The Bertz CT molecular complexity index is 824. The van der Waals surface area contributed by atoms with Crippen LogP contribution in [0.2, 0.25) is 5.02 Å². The van der Waals surface area contributed by atoms with Gasteiger partial charge in [0.05, 0.1) is 10.7 Å². The minimum absolute atomic E-state index is 0.0511. The Morgan fingerprint density at radius 2 is 1.84 bits per heavy atom. The summed E-state index contributed by atoms with van der Waals surface area (Å²) in [5.41, 5.74) is 3.08. The van der Waals surface area contributed by atoms with Gasteiger partial charge in [0.2, 0.25) is 5.91 Å². The molecule has 0 radical (unpaired) electrons. The lowest BCUT2D eigenvalue weighted by Gasteiger charge is -2.05. The number of amides is 2. The number of halogens is 1. The lowest BCUT2D eigenvalue weighted by Crippen LogP contribution is -2.25. The van der Waals surface area contributed by atoms with Crippen molar-refractivity contribution in [1.29, 1.82) is 0 Å². The van der Waals surface area contributed by atoms with E-state index in [1.54, 1.807) is 30.3 Å². The van der Waals surface area contributed by atoms with Crippen molar-refractivity contribution in [2.75, 3.05) is 5.32 Å². The Labute approximate surface area is 151 Å². The Balaban J connectivity index is 1.58. The fourth-order valence-corrected chi connectivity index (χ4v) is 2.59. The first-order valence-corrected chi connectivity index (χ1v) is 8.55. The molecule has 3 rings (SSSR count). The molecule has 0 aliphatic heterocycles. The van der Waals surface area contributed by atoms with Gasteiger partial charge in [0.25, 0.3) is 5.91 Å². The van der Waals surface area contributed by atoms with Crippen molar-refractivity contribution in [1.82, 2.24) is 5.32 Å². The van der Waals surface area contributed by atoms with E-state index in [4.69, 9.17) is 11.6 Å². The number of carbonyl (C=O) groups excluding carboxylic acids is 2. The summed E-state index contributed by atoms with van der Waals surface area (Å²) in [7, 11) is 0. The molecule has 0 bridgehead atoms. The molecule has 5 heteroatoms. The van der Waals surface area contributed by atoms with Crippen LogP contribution in [-0.2, 0) is 4.79 Å². The average Bonchev–Trinajstić information content (AvgIpc) is 3.40. The topological polar surface area (TPSA) is 58.2 Å². The van der Waals surface area contributed by atoms with Gasteiger partial charge in [-0.2, -0.15) is 0 Å². The molecule has 2 aromatic rings. The van der Waals surface area contributed by atoms with Crippen LogP contribution >= 0.6 is 11.6 Å². The summed E-state index contributed by atoms with van der Waals surface area (Å²) in [5, 5.41) is 6.19. The van der Waals surface area contributed by atoms with Gasteiger partial charge >= 0.3 is 0 Å². The van der Waals surface area contributed by atoms with Crippen molar-refractivity contribution in [3.8, 4) is 0 Å². The highest BCUT2D eigenvalue weighted by atomic mass is 35.5. The zero-order valence-electron chi connectivity index (χ0n) is 13.9. The van der Waals surface area contributed by atoms with Crippen LogP contribution in [0.5, 0.6) is 0 Å². The maximum Gasteiger partial charge on any atom is 0.251 e. The second-order valence-corrected chi connectivity index (χ2v) is 6.58. The van der Waals surface area contributed by atoms with E-state index in [1.165, 1.54) is 6.08 Å². The van der Waals surface area contributed by atoms with Crippen LogP contribution in [-0.4, -0.2) is 17.9 Å². The van der Waals surface area contributed by atoms with Gasteiger partial charge in [0.1, 0.15) is 0 Å². The third-order valence-electron chi connectivity index (χ3n) is 3.90. The summed E-state index contributed by atoms with van der Waals surface area (Å²) in [5.74, 6) is -0.314. The molecular weight excluding hydrogens is 336 g/mol. The number of carbonyl (C=O) groups is 2. The van der Waals surface area contributed by atoms with Crippen LogP contribution in [0.3, 0.4) is 0 Å². The minimum atomic E-state index is -0.263. The molecule has 0 unspecified atom stereocenters. The number of rotatable bonds is 5. The first-order valence-electron chi connectivity index (χ1n) is 8.17. The summed E-state index contributed by atoms with van der Waals surface area (Å²) in [4.78, 5) is 23.9. The Morgan fingerprint density at radius 3 is 2.48 bits per heavy atom. The minimum Gasteiger partial charge on any atom is -0.349 e. The maximum absolute atomic E-state index is 12.0. The van der Waals surface area contributed by atoms with Crippen LogP contribution < -0.4 is 10.6 Å². The second kappa shape index (κ2) is 7.53. The molecule has 128 valence electrons. The Hall–Kier alpha value is -2.59. The average molecular weight is 355 g/mol. The molecule has 2 aromatic carbocycles. The van der Waals surface area contributed by atoms with Crippen LogP contribution in [0.4, 0.5) is 5.69 Å². The van der Waals surface area contributed by atoms with E-state index in [9.17, 15) is 9.59 Å². The summed E-state index contributed by atoms with van der Waals surface area (Å²) < 4.78 is 0. The van der Waals surface area contributed by atoms with Crippen LogP contribution in [0, 0.1) is 6.92 Å². The Kier molecular flexibility index (Phi) is 5.19. The van der Waals surface area contributed by atoms with E-state index >= 15 is 0 Å². The van der Waals surface area contributed by atoms with Crippen molar-refractivity contribution in [2.45, 2.75) is 25.8 Å². The van der Waals surface area contributed by atoms with Gasteiger partial charge in [-0.15, -0.1) is 0 Å². The molecule has 0 spiro atoms. The fourth-order valence-electron chi connectivity index (χ4n) is 2.31. The number of aryl methyl sites for hydroxylation is 1. The molecule has 1 fully saturated rings. The molecule has 0 atom stereocenters. The summed E-state index contributed by atoms with van der Waals surface area (Å²) in [6.07, 6.45) is 5.26. The SMILES string of the molecule is Cc1ccc(NC(=O)/C=C/c2ccc(C(=O)NC3CC3)cc2)c(Cl)c1. The lowest BCUT2D eigenvalue weighted by atomic mass is 10.1. The first-order chi connectivity index (χ1) is 12.0. The number of hydrogen-bond acceptors (Lipinski definition) is 2. The van der Waals surface area contributed by atoms with Gasteiger partial charge in [-0.1, -0.05) is 29.8 Å². The normalized spacial score (nSPS) is 13.7. The van der Waals surface area contributed by atoms with Crippen molar-refractivity contribution in [2.24, 2.45) is 0 Å². The predicted molar refractivity (Wildman–Crippen MR) is 101 cm³/mol. The molecular formula is C20H19ClN2O2. The summed E-state index contributed by atoms with van der Waals surface area (Å²) in [6.45, 7) is 1.94. The zero-order valence-corrected chi connectivity index (χ0v) is 14.6. The molecule has 0 aromatic heterocycles. The van der Waals surface area contributed by atoms with Gasteiger partial charge < -0.3 is 10.6 Å². The molecule has 2 N–H and O–H groups in total. The lowest BCUT2D eigenvalue weighted by molar-refractivity contribution is -0.111. The van der Waals surface area contributed by atoms with Crippen molar-refractivity contribution in [3.05, 3.63) is 70.3 Å². The van der Waals surface area contributed by atoms with Crippen LogP contribution in [0.1, 0.15) is 34.3 Å².